The first kappa shape index (κ1) is 15.3. The number of hydrogen-bond acceptors (Lipinski definition) is 3. The molecule has 3 rings (SSSR count). The Labute approximate surface area is 134 Å². The van der Waals surface area contributed by atoms with Crippen LogP contribution in [0, 0.1) is 13.8 Å². The maximum Gasteiger partial charge on any atom is 0.253 e. The molecule has 0 bridgehead atoms. The van der Waals surface area contributed by atoms with Crippen molar-refractivity contribution in [2.24, 2.45) is 7.05 Å². The zero-order chi connectivity index (χ0) is 16.4. The molecule has 0 fully saturated rings. The normalized spacial score (nSPS) is 11.1. The van der Waals surface area contributed by atoms with E-state index in [1.807, 2.05) is 36.9 Å². The molecule has 0 saturated heterocycles. The van der Waals surface area contributed by atoms with Gasteiger partial charge >= 0.3 is 0 Å². The molecule has 1 aromatic carbocycles. The average molecular weight is 311 g/mol. The lowest BCUT2D eigenvalue weighted by atomic mass is 10.1. The first-order chi connectivity index (χ1) is 11.1. The summed E-state index contributed by atoms with van der Waals surface area (Å²) in [5.41, 5.74) is 4.95. The van der Waals surface area contributed by atoms with Gasteiger partial charge in [-0.25, -0.2) is 0 Å². The fourth-order valence-electron chi connectivity index (χ4n) is 2.90. The maximum absolute atomic E-state index is 12.3. The highest BCUT2D eigenvalue weighted by Gasteiger charge is 2.12. The molecule has 120 valence electrons. The maximum atomic E-state index is 12.3. The van der Waals surface area contributed by atoms with E-state index >= 15 is 0 Å². The summed E-state index contributed by atoms with van der Waals surface area (Å²) >= 11 is 0. The first-order valence-electron chi connectivity index (χ1n) is 7.77. The number of carbonyl (C=O) groups is 1. The van der Waals surface area contributed by atoms with Crippen LogP contribution in [0.1, 0.15) is 33.7 Å². The van der Waals surface area contributed by atoms with Crippen LogP contribution in [0.3, 0.4) is 0 Å². The molecule has 0 aliphatic heterocycles. The van der Waals surface area contributed by atoms with Crippen molar-refractivity contribution in [2.75, 3.05) is 6.54 Å². The fourth-order valence-corrected chi connectivity index (χ4v) is 2.90. The van der Waals surface area contributed by atoms with Crippen LogP contribution in [0.4, 0.5) is 0 Å². The van der Waals surface area contributed by atoms with Crippen molar-refractivity contribution >= 4 is 16.8 Å². The molecule has 1 amide bonds. The molecule has 0 aliphatic rings. The molecule has 2 heterocycles. The van der Waals surface area contributed by atoms with Gasteiger partial charge in [-0.3, -0.25) is 14.6 Å². The molecular formula is C17H21N5O. The van der Waals surface area contributed by atoms with Gasteiger partial charge in [0.1, 0.15) is 0 Å². The summed E-state index contributed by atoms with van der Waals surface area (Å²) in [6.45, 7) is 4.74. The van der Waals surface area contributed by atoms with Crippen molar-refractivity contribution in [1.29, 1.82) is 0 Å². The van der Waals surface area contributed by atoms with Crippen molar-refractivity contribution < 1.29 is 4.79 Å². The number of nitrogens with one attached hydrogen (secondary N) is 2. The number of aromatic amines is 1. The second kappa shape index (κ2) is 6.24. The van der Waals surface area contributed by atoms with Crippen LogP contribution in [0.25, 0.3) is 10.9 Å². The van der Waals surface area contributed by atoms with E-state index in [1.54, 1.807) is 6.20 Å². The molecule has 0 radical (unpaired) electrons. The predicted octanol–water partition coefficient (Wildman–Crippen LogP) is 2.28. The van der Waals surface area contributed by atoms with Gasteiger partial charge in [0, 0.05) is 24.7 Å². The molecule has 6 heteroatoms. The average Bonchev–Trinajstić information content (AvgIpc) is 3.10. The van der Waals surface area contributed by atoms with Crippen LogP contribution in [0.2, 0.25) is 0 Å². The largest absolute Gasteiger partial charge is 0.352 e. The van der Waals surface area contributed by atoms with E-state index < -0.39 is 0 Å². The van der Waals surface area contributed by atoms with Gasteiger partial charge in [-0.15, -0.1) is 0 Å². The van der Waals surface area contributed by atoms with Gasteiger partial charge < -0.3 is 5.32 Å². The lowest BCUT2D eigenvalue weighted by Gasteiger charge is -2.06. The second-order valence-electron chi connectivity index (χ2n) is 5.77. The van der Waals surface area contributed by atoms with E-state index in [-0.39, 0.29) is 5.91 Å². The van der Waals surface area contributed by atoms with Crippen LogP contribution >= 0.6 is 0 Å². The number of aryl methyl sites for hydroxylation is 2. The topological polar surface area (TPSA) is 75.6 Å². The Balaban J connectivity index is 1.58. The van der Waals surface area contributed by atoms with Crippen LogP contribution in [0.5, 0.6) is 0 Å². The molecule has 0 saturated carbocycles. The van der Waals surface area contributed by atoms with Gasteiger partial charge in [-0.2, -0.15) is 10.2 Å². The summed E-state index contributed by atoms with van der Waals surface area (Å²) in [5.74, 6) is -0.0699. The third-order valence-electron chi connectivity index (χ3n) is 4.27. The van der Waals surface area contributed by atoms with E-state index in [1.165, 1.54) is 11.3 Å². The Morgan fingerprint density at radius 3 is 2.91 bits per heavy atom. The summed E-state index contributed by atoms with van der Waals surface area (Å²) in [4.78, 5) is 12.3. The first-order valence-corrected chi connectivity index (χ1v) is 7.77. The van der Waals surface area contributed by atoms with Gasteiger partial charge in [0.25, 0.3) is 5.91 Å². The molecule has 23 heavy (non-hydrogen) atoms. The number of para-hydroxylation sites is 1. The Hall–Kier alpha value is -2.63. The third kappa shape index (κ3) is 2.97. The lowest BCUT2D eigenvalue weighted by molar-refractivity contribution is 0.0954. The number of fused-ring (bicyclic) bond motifs is 1. The van der Waals surface area contributed by atoms with Crippen molar-refractivity contribution in [3.05, 3.63) is 46.9 Å². The Bertz CT molecular complexity index is 846. The molecule has 0 unspecified atom stereocenters. The van der Waals surface area contributed by atoms with Crippen molar-refractivity contribution in [1.82, 2.24) is 25.3 Å². The summed E-state index contributed by atoms with van der Waals surface area (Å²) < 4.78 is 1.90. The van der Waals surface area contributed by atoms with E-state index in [2.05, 4.69) is 27.5 Å². The Morgan fingerprint density at radius 2 is 2.17 bits per heavy atom. The number of hydrogen-bond donors (Lipinski definition) is 2. The number of benzene rings is 1. The minimum atomic E-state index is -0.0699. The molecule has 2 aromatic heterocycles. The zero-order valence-corrected chi connectivity index (χ0v) is 13.7. The van der Waals surface area contributed by atoms with E-state index in [0.29, 0.717) is 12.1 Å². The smallest absolute Gasteiger partial charge is 0.253 e. The van der Waals surface area contributed by atoms with Gasteiger partial charge in [0.15, 0.2) is 0 Å². The highest BCUT2D eigenvalue weighted by Crippen LogP contribution is 2.16. The van der Waals surface area contributed by atoms with Crippen molar-refractivity contribution in [3.8, 4) is 0 Å². The Kier molecular flexibility index (Phi) is 4.14. The number of nitrogens with zero attached hydrogens (tertiary/aromatic N) is 3. The van der Waals surface area contributed by atoms with E-state index in [0.717, 1.165) is 29.4 Å². The molecular weight excluding hydrogens is 290 g/mol. The quantitative estimate of drug-likeness (QED) is 0.710. The third-order valence-corrected chi connectivity index (χ3v) is 4.27. The van der Waals surface area contributed by atoms with Gasteiger partial charge in [-0.05, 0) is 38.3 Å². The SMILES string of the molecule is Cc1nn(C)c(C)c1CCCNC(=O)c1cccc2cn[nH]c12. The molecule has 0 spiro atoms. The summed E-state index contributed by atoms with van der Waals surface area (Å²) in [6, 6.07) is 5.62. The number of carbonyl (C=O) groups excluding carboxylic acids is 1. The zero-order valence-electron chi connectivity index (χ0n) is 13.7. The van der Waals surface area contributed by atoms with Crippen molar-refractivity contribution in [3.63, 3.8) is 0 Å². The van der Waals surface area contributed by atoms with Crippen LogP contribution in [-0.4, -0.2) is 32.4 Å². The van der Waals surface area contributed by atoms with Gasteiger partial charge in [0.2, 0.25) is 0 Å². The highest BCUT2D eigenvalue weighted by molar-refractivity contribution is 6.05. The summed E-state index contributed by atoms with van der Waals surface area (Å²) in [7, 11) is 1.96. The second-order valence-corrected chi connectivity index (χ2v) is 5.77. The highest BCUT2D eigenvalue weighted by atomic mass is 16.1. The molecule has 2 N–H and O–H groups in total. The lowest BCUT2D eigenvalue weighted by Crippen LogP contribution is -2.25. The van der Waals surface area contributed by atoms with E-state index in [9.17, 15) is 4.79 Å². The molecule has 3 aromatic rings. The molecule has 0 aliphatic carbocycles. The predicted molar refractivity (Wildman–Crippen MR) is 89.4 cm³/mol. The minimum Gasteiger partial charge on any atom is -0.352 e. The van der Waals surface area contributed by atoms with Crippen LogP contribution < -0.4 is 5.32 Å². The summed E-state index contributed by atoms with van der Waals surface area (Å²) in [5, 5.41) is 15.2. The van der Waals surface area contributed by atoms with E-state index in [4.69, 9.17) is 0 Å². The minimum absolute atomic E-state index is 0.0699. The monoisotopic (exact) mass is 311 g/mol. The number of aromatic nitrogens is 4. The standard InChI is InChI=1S/C17H21N5O/c1-11-14(12(2)22(3)21-11)8-5-9-18-17(23)15-7-4-6-13-10-19-20-16(13)15/h4,6-7,10H,5,8-9H2,1-3H3,(H,18,23)(H,19,20). The van der Waals surface area contributed by atoms with Crippen LogP contribution in [-0.2, 0) is 13.5 Å². The fraction of sp³-hybridized carbons (Fsp3) is 0.353. The Morgan fingerprint density at radius 1 is 1.35 bits per heavy atom. The van der Waals surface area contributed by atoms with Crippen LogP contribution in [0.15, 0.2) is 24.4 Å². The van der Waals surface area contributed by atoms with Gasteiger partial charge in [-0.1, -0.05) is 12.1 Å². The number of amides is 1. The number of H-pyrrole nitrogens is 1. The van der Waals surface area contributed by atoms with Crippen molar-refractivity contribution in [2.45, 2.75) is 26.7 Å². The van der Waals surface area contributed by atoms with Gasteiger partial charge in [0.05, 0.1) is 23.0 Å². The molecule has 0 atom stereocenters. The molecule has 6 nitrogen and oxygen atoms in total. The number of rotatable bonds is 5. The summed E-state index contributed by atoms with van der Waals surface area (Å²) in [6.07, 6.45) is 3.53.